The van der Waals surface area contributed by atoms with Crippen molar-refractivity contribution >= 4 is 5.91 Å². The number of hydrogen-bond donors (Lipinski definition) is 2. The van der Waals surface area contributed by atoms with E-state index in [1.807, 2.05) is 0 Å². The Labute approximate surface area is 97.3 Å². The number of nitrogens with two attached hydrogens (primary N) is 1. The van der Waals surface area contributed by atoms with E-state index in [1.165, 1.54) is 6.42 Å². The maximum atomic E-state index is 11.5. The highest BCUT2D eigenvalue weighted by molar-refractivity contribution is 5.77. The minimum absolute atomic E-state index is 0.0784. The van der Waals surface area contributed by atoms with Crippen LogP contribution in [0.5, 0.6) is 0 Å². The van der Waals surface area contributed by atoms with Crippen LogP contribution in [0.4, 0.5) is 0 Å². The molecule has 1 amide bonds. The van der Waals surface area contributed by atoms with E-state index in [9.17, 15) is 4.79 Å². The Kier molecular flexibility index (Phi) is 6.37. The van der Waals surface area contributed by atoms with Crippen LogP contribution in [0, 0.1) is 5.92 Å². The van der Waals surface area contributed by atoms with E-state index in [-0.39, 0.29) is 5.91 Å². The van der Waals surface area contributed by atoms with Gasteiger partial charge < -0.3 is 15.8 Å². The normalized spacial score (nSPS) is 22.0. The summed E-state index contributed by atoms with van der Waals surface area (Å²) >= 11 is 0. The van der Waals surface area contributed by atoms with Gasteiger partial charge in [0.2, 0.25) is 5.91 Å². The van der Waals surface area contributed by atoms with Crippen LogP contribution in [-0.4, -0.2) is 57.2 Å². The molecule has 3 N–H and O–H groups in total. The number of methoxy groups -OCH3 is 1. The highest BCUT2D eigenvalue weighted by Gasteiger charge is 2.20. The van der Waals surface area contributed by atoms with Crippen molar-refractivity contribution in [3.63, 3.8) is 0 Å². The summed E-state index contributed by atoms with van der Waals surface area (Å²) in [5.41, 5.74) is 5.65. The second-order valence-electron chi connectivity index (χ2n) is 4.32. The predicted molar refractivity (Wildman–Crippen MR) is 63.1 cm³/mol. The first kappa shape index (κ1) is 13.4. The predicted octanol–water partition coefficient (Wildman–Crippen LogP) is -0.580. The molecule has 0 spiro atoms. The zero-order valence-electron chi connectivity index (χ0n) is 10.1. The average molecular weight is 229 g/mol. The minimum Gasteiger partial charge on any atom is -0.383 e. The van der Waals surface area contributed by atoms with E-state index in [2.05, 4.69) is 10.2 Å². The van der Waals surface area contributed by atoms with Gasteiger partial charge in [0, 0.05) is 20.2 Å². The molecule has 1 aliphatic rings. The Hall–Kier alpha value is -0.650. The molecule has 1 aliphatic heterocycles. The average Bonchev–Trinajstić information content (AvgIpc) is 2.29. The maximum Gasteiger partial charge on any atom is 0.234 e. The van der Waals surface area contributed by atoms with Gasteiger partial charge in [0.15, 0.2) is 0 Å². The standard InChI is InChI=1S/C11H23N3O2/c1-16-6-4-13-11(15)9-14-5-2-3-10(7-12)8-14/h10H,2-9,12H2,1H3,(H,13,15). The van der Waals surface area contributed by atoms with E-state index < -0.39 is 0 Å². The number of likely N-dealkylation sites (tertiary alicyclic amines) is 1. The Morgan fingerprint density at radius 2 is 2.44 bits per heavy atom. The number of nitrogens with one attached hydrogen (secondary N) is 1. The molecule has 5 heteroatoms. The number of carbonyl (C=O) groups excluding carboxylic acids is 1. The van der Waals surface area contributed by atoms with Crippen LogP contribution >= 0.6 is 0 Å². The van der Waals surface area contributed by atoms with Crippen LogP contribution < -0.4 is 11.1 Å². The highest BCUT2D eigenvalue weighted by Crippen LogP contribution is 2.14. The summed E-state index contributed by atoms with van der Waals surface area (Å²) in [6.07, 6.45) is 2.34. The zero-order chi connectivity index (χ0) is 11.8. The van der Waals surface area contributed by atoms with Crippen LogP contribution in [0.15, 0.2) is 0 Å². The number of amides is 1. The van der Waals surface area contributed by atoms with Gasteiger partial charge >= 0.3 is 0 Å². The summed E-state index contributed by atoms with van der Waals surface area (Å²) in [5, 5.41) is 2.83. The van der Waals surface area contributed by atoms with Crippen molar-refractivity contribution in [2.24, 2.45) is 11.7 Å². The van der Waals surface area contributed by atoms with Crippen molar-refractivity contribution < 1.29 is 9.53 Å². The van der Waals surface area contributed by atoms with E-state index >= 15 is 0 Å². The van der Waals surface area contributed by atoms with E-state index in [0.29, 0.717) is 25.6 Å². The summed E-state index contributed by atoms with van der Waals surface area (Å²) in [7, 11) is 1.63. The third-order valence-electron chi connectivity index (χ3n) is 2.93. The SMILES string of the molecule is COCCNC(=O)CN1CCCC(CN)C1. The molecule has 0 bridgehead atoms. The van der Waals surface area contributed by atoms with Gasteiger partial charge in [0.25, 0.3) is 0 Å². The molecular formula is C11H23N3O2. The van der Waals surface area contributed by atoms with Gasteiger partial charge in [-0.05, 0) is 31.8 Å². The number of nitrogens with zero attached hydrogens (tertiary/aromatic N) is 1. The van der Waals surface area contributed by atoms with Crippen LogP contribution in [0.1, 0.15) is 12.8 Å². The molecule has 0 aromatic rings. The molecule has 94 valence electrons. The molecule has 0 aromatic heterocycles. The van der Waals surface area contributed by atoms with Gasteiger partial charge in [-0.3, -0.25) is 9.69 Å². The first-order chi connectivity index (χ1) is 7.76. The molecule has 0 aliphatic carbocycles. The quantitative estimate of drug-likeness (QED) is 0.598. The highest BCUT2D eigenvalue weighted by atomic mass is 16.5. The van der Waals surface area contributed by atoms with Gasteiger partial charge in [0.1, 0.15) is 0 Å². The summed E-state index contributed by atoms with van der Waals surface area (Å²) < 4.78 is 4.87. The van der Waals surface area contributed by atoms with Crippen molar-refractivity contribution in [1.82, 2.24) is 10.2 Å². The maximum absolute atomic E-state index is 11.5. The molecule has 1 fully saturated rings. The number of hydrogen-bond acceptors (Lipinski definition) is 4. The minimum atomic E-state index is 0.0784. The lowest BCUT2D eigenvalue weighted by Crippen LogP contribution is -2.44. The van der Waals surface area contributed by atoms with Gasteiger partial charge in [0.05, 0.1) is 13.2 Å². The lowest BCUT2D eigenvalue weighted by Gasteiger charge is -2.31. The van der Waals surface area contributed by atoms with Gasteiger partial charge in [-0.2, -0.15) is 0 Å². The molecule has 16 heavy (non-hydrogen) atoms. The lowest BCUT2D eigenvalue weighted by molar-refractivity contribution is -0.122. The van der Waals surface area contributed by atoms with Crippen LogP contribution in [0.3, 0.4) is 0 Å². The smallest absolute Gasteiger partial charge is 0.234 e. The Balaban J connectivity index is 2.17. The molecular weight excluding hydrogens is 206 g/mol. The van der Waals surface area contributed by atoms with Gasteiger partial charge in [-0.15, -0.1) is 0 Å². The van der Waals surface area contributed by atoms with Crippen molar-refractivity contribution in [3.8, 4) is 0 Å². The number of ether oxygens (including phenoxy) is 1. The number of rotatable bonds is 6. The molecule has 1 rings (SSSR count). The fourth-order valence-corrected chi connectivity index (χ4v) is 2.04. The lowest BCUT2D eigenvalue weighted by atomic mass is 9.98. The largest absolute Gasteiger partial charge is 0.383 e. The van der Waals surface area contributed by atoms with Crippen molar-refractivity contribution in [1.29, 1.82) is 0 Å². The van der Waals surface area contributed by atoms with Crippen molar-refractivity contribution in [2.45, 2.75) is 12.8 Å². The molecule has 1 saturated heterocycles. The summed E-state index contributed by atoms with van der Waals surface area (Å²) in [4.78, 5) is 13.7. The topological polar surface area (TPSA) is 67.6 Å². The molecule has 0 radical (unpaired) electrons. The van der Waals surface area contributed by atoms with E-state index in [4.69, 9.17) is 10.5 Å². The first-order valence-electron chi connectivity index (χ1n) is 5.94. The Morgan fingerprint density at radius 1 is 1.62 bits per heavy atom. The van der Waals surface area contributed by atoms with Gasteiger partial charge in [-0.25, -0.2) is 0 Å². The Bertz CT molecular complexity index is 211. The number of carbonyl (C=O) groups is 1. The molecule has 0 saturated carbocycles. The fraction of sp³-hybridized carbons (Fsp3) is 0.909. The molecule has 1 atom stereocenters. The van der Waals surface area contributed by atoms with Crippen molar-refractivity contribution in [2.75, 3.05) is 46.4 Å². The van der Waals surface area contributed by atoms with Crippen LogP contribution in [0.25, 0.3) is 0 Å². The molecule has 5 nitrogen and oxygen atoms in total. The van der Waals surface area contributed by atoms with E-state index in [0.717, 1.165) is 26.1 Å². The first-order valence-corrected chi connectivity index (χ1v) is 5.94. The van der Waals surface area contributed by atoms with Crippen LogP contribution in [0.2, 0.25) is 0 Å². The second kappa shape index (κ2) is 7.60. The third kappa shape index (κ3) is 4.92. The van der Waals surface area contributed by atoms with E-state index in [1.54, 1.807) is 7.11 Å². The molecule has 1 unspecified atom stereocenters. The summed E-state index contributed by atoms with van der Waals surface area (Å²) in [6.45, 7) is 4.32. The molecule has 1 heterocycles. The van der Waals surface area contributed by atoms with Crippen molar-refractivity contribution in [3.05, 3.63) is 0 Å². The number of piperidine rings is 1. The zero-order valence-corrected chi connectivity index (χ0v) is 10.1. The third-order valence-corrected chi connectivity index (χ3v) is 2.93. The fourth-order valence-electron chi connectivity index (χ4n) is 2.04. The Morgan fingerprint density at radius 3 is 3.12 bits per heavy atom. The van der Waals surface area contributed by atoms with Crippen LogP contribution in [-0.2, 0) is 9.53 Å². The summed E-state index contributed by atoms with van der Waals surface area (Å²) in [5.74, 6) is 0.634. The second-order valence-corrected chi connectivity index (χ2v) is 4.32. The monoisotopic (exact) mass is 229 g/mol. The molecule has 0 aromatic carbocycles. The van der Waals surface area contributed by atoms with Gasteiger partial charge in [-0.1, -0.05) is 0 Å². The summed E-state index contributed by atoms with van der Waals surface area (Å²) in [6, 6.07) is 0.